The van der Waals surface area contributed by atoms with Gasteiger partial charge in [-0.1, -0.05) is 0 Å². The average molecular weight is 426 g/mol. The summed E-state index contributed by atoms with van der Waals surface area (Å²) in [5.41, 5.74) is 2.28. The van der Waals surface area contributed by atoms with Gasteiger partial charge in [0.05, 0.1) is 30.1 Å². The van der Waals surface area contributed by atoms with Crippen molar-refractivity contribution in [3.8, 4) is 6.07 Å². The molecule has 32 heavy (non-hydrogen) atoms. The first-order valence-electron chi connectivity index (χ1n) is 10.5. The minimum atomic E-state index is -0.381. The van der Waals surface area contributed by atoms with Gasteiger partial charge in [0.15, 0.2) is 0 Å². The minimum absolute atomic E-state index is 0.162. The van der Waals surface area contributed by atoms with Crippen molar-refractivity contribution >= 4 is 40.4 Å². The molecule has 0 saturated carbocycles. The Morgan fingerprint density at radius 2 is 2.12 bits per heavy atom. The number of fused-ring (bicyclic) bond motifs is 2. The third-order valence-electron chi connectivity index (χ3n) is 5.96. The Labute approximate surface area is 184 Å². The van der Waals surface area contributed by atoms with Crippen LogP contribution in [0.5, 0.6) is 0 Å². The fraction of sp³-hybridized carbons (Fsp3) is 0.318. The molecule has 0 bridgehead atoms. The Morgan fingerprint density at radius 1 is 1.25 bits per heavy atom. The van der Waals surface area contributed by atoms with E-state index in [1.165, 1.54) is 12.5 Å². The van der Waals surface area contributed by atoms with Gasteiger partial charge >= 0.3 is 0 Å². The van der Waals surface area contributed by atoms with E-state index >= 15 is 0 Å². The lowest BCUT2D eigenvalue weighted by atomic mass is 9.96. The van der Waals surface area contributed by atoms with Gasteiger partial charge in [0.2, 0.25) is 5.95 Å². The molecule has 3 N–H and O–H groups in total. The van der Waals surface area contributed by atoms with E-state index in [9.17, 15) is 5.26 Å². The molecule has 1 aliphatic rings. The summed E-state index contributed by atoms with van der Waals surface area (Å²) in [5.74, 6) is 0.516. The molecule has 5 rings (SSSR count). The largest absolute Gasteiger partial charge is 0.346 e. The summed E-state index contributed by atoms with van der Waals surface area (Å²) in [6.45, 7) is 1.55. The molecule has 1 aliphatic heterocycles. The lowest BCUT2D eigenvalue weighted by Gasteiger charge is -2.19. The highest BCUT2D eigenvalue weighted by molar-refractivity contribution is 5.94. The maximum Gasteiger partial charge on any atom is 0.227 e. The van der Waals surface area contributed by atoms with Crippen molar-refractivity contribution in [2.45, 2.75) is 24.8 Å². The van der Waals surface area contributed by atoms with Gasteiger partial charge in [-0.05, 0) is 18.6 Å². The van der Waals surface area contributed by atoms with Crippen LogP contribution in [0, 0.1) is 22.7 Å². The second-order valence-electron chi connectivity index (χ2n) is 7.87. The number of nitrogens with zero attached hydrogens (tertiary/aromatic N) is 7. The van der Waals surface area contributed by atoms with Gasteiger partial charge in [-0.25, -0.2) is 15.0 Å². The van der Waals surface area contributed by atoms with Crippen molar-refractivity contribution in [2.75, 3.05) is 18.0 Å². The van der Waals surface area contributed by atoms with E-state index in [1.54, 1.807) is 12.4 Å². The average Bonchev–Trinajstić information content (AvgIpc) is 3.58. The molecule has 3 atom stereocenters. The number of aromatic amines is 2. The standard InChI is InChI=1S/C22H22N10/c23-5-1-18(27-11-16(9-24)19-17-3-7-26-21(17)30-13-29-19)15-4-8-32(12-15)22-28-10-14-2-6-25-20(14)31-22/h2-3,6-7,9-11,13,15-16,18,24H,1,4,8,12H2,(H,25,28,31)(H,26,29,30). The fourth-order valence-electron chi connectivity index (χ4n) is 4.25. The Balaban J connectivity index is 1.34. The highest BCUT2D eigenvalue weighted by Gasteiger charge is 2.30. The van der Waals surface area contributed by atoms with Crippen molar-refractivity contribution < 1.29 is 0 Å². The number of H-pyrrole nitrogens is 2. The number of nitrogens with one attached hydrogen (secondary N) is 3. The normalized spacial score (nSPS) is 18.3. The molecule has 10 nitrogen and oxygen atoms in total. The highest BCUT2D eigenvalue weighted by atomic mass is 15.3. The molecule has 0 aliphatic carbocycles. The molecule has 4 aromatic rings. The van der Waals surface area contributed by atoms with E-state index in [4.69, 9.17) is 10.4 Å². The van der Waals surface area contributed by atoms with Crippen molar-refractivity contribution in [2.24, 2.45) is 10.9 Å². The quantitative estimate of drug-likeness (QED) is 0.387. The van der Waals surface area contributed by atoms with Crippen LogP contribution in [0.15, 0.2) is 42.0 Å². The predicted octanol–water partition coefficient (Wildman–Crippen LogP) is 2.84. The first-order valence-corrected chi connectivity index (χ1v) is 10.5. The molecule has 0 radical (unpaired) electrons. The zero-order chi connectivity index (χ0) is 21.9. The number of nitriles is 1. The Morgan fingerprint density at radius 3 is 3.00 bits per heavy atom. The van der Waals surface area contributed by atoms with Crippen molar-refractivity contribution in [3.05, 3.63) is 42.7 Å². The van der Waals surface area contributed by atoms with Gasteiger partial charge in [-0.15, -0.1) is 0 Å². The fourth-order valence-corrected chi connectivity index (χ4v) is 4.25. The number of aliphatic imine (C=N–C) groups is 1. The van der Waals surface area contributed by atoms with Crippen LogP contribution in [0.1, 0.15) is 24.5 Å². The van der Waals surface area contributed by atoms with Crippen LogP contribution >= 0.6 is 0 Å². The number of rotatable bonds is 7. The first-order chi connectivity index (χ1) is 15.8. The van der Waals surface area contributed by atoms with Gasteiger partial charge in [0.25, 0.3) is 0 Å². The van der Waals surface area contributed by atoms with Crippen LogP contribution in [-0.2, 0) is 0 Å². The summed E-state index contributed by atoms with van der Waals surface area (Å²) in [6.07, 6.45) is 11.3. The van der Waals surface area contributed by atoms with E-state index in [0.29, 0.717) is 12.4 Å². The summed E-state index contributed by atoms with van der Waals surface area (Å²) >= 11 is 0. The predicted molar refractivity (Wildman–Crippen MR) is 122 cm³/mol. The molecular weight excluding hydrogens is 404 g/mol. The van der Waals surface area contributed by atoms with Crippen molar-refractivity contribution in [3.63, 3.8) is 0 Å². The zero-order valence-corrected chi connectivity index (χ0v) is 17.3. The van der Waals surface area contributed by atoms with Crippen molar-refractivity contribution in [1.82, 2.24) is 29.9 Å². The molecule has 4 aromatic heterocycles. The molecular formula is C22H22N10. The Kier molecular flexibility index (Phi) is 5.29. The lowest BCUT2D eigenvalue weighted by Crippen LogP contribution is -2.26. The van der Waals surface area contributed by atoms with Gasteiger partial charge in [-0.2, -0.15) is 10.2 Å². The van der Waals surface area contributed by atoms with Crippen LogP contribution in [0.25, 0.3) is 22.1 Å². The summed E-state index contributed by atoms with van der Waals surface area (Å²) in [5, 5.41) is 19.1. The lowest BCUT2D eigenvalue weighted by molar-refractivity contribution is 0.467. The second-order valence-corrected chi connectivity index (χ2v) is 7.87. The molecule has 5 heterocycles. The smallest absolute Gasteiger partial charge is 0.227 e. The van der Waals surface area contributed by atoms with E-state index < -0.39 is 0 Å². The number of hydrogen-bond acceptors (Lipinski definition) is 8. The molecule has 10 heteroatoms. The second kappa shape index (κ2) is 8.55. The molecule has 0 amide bonds. The van der Waals surface area contributed by atoms with Gasteiger partial charge in [0.1, 0.15) is 17.6 Å². The van der Waals surface area contributed by atoms with E-state index in [1.807, 2.05) is 24.5 Å². The van der Waals surface area contributed by atoms with Crippen LogP contribution in [0.2, 0.25) is 0 Å². The SMILES string of the molecule is N#CCC(N=CC(C=N)c1ncnc2[nH]ccc12)C1CCN(c2ncc3cc[nH]c3n2)C1. The van der Waals surface area contributed by atoms with Crippen LogP contribution in [0.4, 0.5) is 5.95 Å². The molecule has 1 fully saturated rings. The van der Waals surface area contributed by atoms with Crippen LogP contribution in [-0.4, -0.2) is 61.5 Å². The topological polar surface area (TPSA) is 146 Å². The third kappa shape index (κ3) is 3.69. The number of hydrogen-bond donors (Lipinski definition) is 3. The zero-order valence-electron chi connectivity index (χ0n) is 17.3. The summed E-state index contributed by atoms with van der Waals surface area (Å²) in [6, 6.07) is 5.96. The monoisotopic (exact) mass is 426 g/mol. The summed E-state index contributed by atoms with van der Waals surface area (Å²) < 4.78 is 0. The Bertz CT molecular complexity index is 1310. The maximum absolute atomic E-state index is 9.39. The van der Waals surface area contributed by atoms with Crippen LogP contribution in [0.3, 0.4) is 0 Å². The summed E-state index contributed by atoms with van der Waals surface area (Å²) in [4.78, 5) is 30.8. The van der Waals surface area contributed by atoms with Gasteiger partial charge in [-0.3, -0.25) is 4.99 Å². The number of aromatic nitrogens is 6. The van der Waals surface area contributed by atoms with E-state index in [0.717, 1.165) is 47.3 Å². The number of anilines is 1. The Hall–Kier alpha value is -4.13. The highest BCUT2D eigenvalue weighted by Crippen LogP contribution is 2.28. The van der Waals surface area contributed by atoms with E-state index in [2.05, 4.69) is 40.9 Å². The van der Waals surface area contributed by atoms with Crippen LogP contribution < -0.4 is 4.90 Å². The maximum atomic E-state index is 9.39. The summed E-state index contributed by atoms with van der Waals surface area (Å²) in [7, 11) is 0. The van der Waals surface area contributed by atoms with Crippen molar-refractivity contribution in [1.29, 1.82) is 10.7 Å². The molecule has 160 valence electrons. The minimum Gasteiger partial charge on any atom is -0.346 e. The third-order valence-corrected chi connectivity index (χ3v) is 5.96. The van der Waals surface area contributed by atoms with E-state index in [-0.39, 0.29) is 17.9 Å². The molecule has 0 aromatic carbocycles. The molecule has 0 spiro atoms. The first kappa shape index (κ1) is 19.8. The van der Waals surface area contributed by atoms with Gasteiger partial charge < -0.3 is 20.3 Å². The molecule has 3 unspecified atom stereocenters. The molecule has 1 saturated heterocycles. The van der Waals surface area contributed by atoms with Gasteiger partial charge in [0, 0.05) is 60.8 Å².